The first-order chi connectivity index (χ1) is 17.4. The molecule has 1 unspecified atom stereocenters. The molecule has 9 heteroatoms. The molecule has 2 aliphatic heterocycles. The topological polar surface area (TPSA) is 35.5 Å². The van der Waals surface area contributed by atoms with Gasteiger partial charge in [0.05, 0.1) is 5.56 Å². The van der Waals surface area contributed by atoms with Crippen LogP contribution in [0.4, 0.5) is 23.4 Å². The maximum Gasteiger partial charge on any atom is 0.416 e. The molecule has 1 aromatic heterocycles. The summed E-state index contributed by atoms with van der Waals surface area (Å²) in [6.45, 7) is 5.44. The molecule has 3 heterocycles. The van der Waals surface area contributed by atoms with Gasteiger partial charge in [0.2, 0.25) is 0 Å². The zero-order chi connectivity index (χ0) is 25.1. The van der Waals surface area contributed by atoms with Gasteiger partial charge in [0, 0.05) is 50.5 Å². The van der Waals surface area contributed by atoms with Gasteiger partial charge >= 0.3 is 6.18 Å². The van der Waals surface area contributed by atoms with Crippen LogP contribution in [0.5, 0.6) is 0 Å². The fourth-order valence-corrected chi connectivity index (χ4v) is 5.22. The summed E-state index contributed by atoms with van der Waals surface area (Å²) in [6.07, 6.45) is 1.14. The van der Waals surface area contributed by atoms with Crippen molar-refractivity contribution in [1.29, 1.82) is 0 Å². The number of hydrogen-bond donors (Lipinski definition) is 0. The molecule has 0 amide bonds. The van der Waals surface area contributed by atoms with Gasteiger partial charge in [0.15, 0.2) is 0 Å². The normalized spacial score (nSPS) is 18.5. The van der Waals surface area contributed by atoms with Crippen molar-refractivity contribution in [3.8, 4) is 11.1 Å². The quantitative estimate of drug-likeness (QED) is 0.433. The molecule has 1 atom stereocenters. The number of benzene rings is 2. The van der Waals surface area contributed by atoms with Crippen LogP contribution < -0.4 is 4.90 Å². The lowest BCUT2D eigenvalue weighted by Crippen LogP contribution is -2.50. The molecular weight excluding hydrogens is 470 g/mol. The van der Waals surface area contributed by atoms with E-state index < -0.39 is 11.7 Å². The standard InChI is InChI=1S/C27H29F4N5/c28-23-8-6-20(7-9-23)24-17-32-19-33-26(24)36-14-12-35(13-15-36)25(18-34-10-1-2-11-34)21-4-3-5-22(16-21)27(29,30)31/h3-9,16-17,19,25H,1-2,10-15,18H2. The lowest BCUT2D eigenvalue weighted by Gasteiger charge is -2.41. The highest BCUT2D eigenvalue weighted by atomic mass is 19.4. The Labute approximate surface area is 208 Å². The van der Waals surface area contributed by atoms with Crippen molar-refractivity contribution in [2.45, 2.75) is 25.1 Å². The second kappa shape index (κ2) is 10.5. The van der Waals surface area contributed by atoms with Crippen LogP contribution in [0.2, 0.25) is 0 Å². The van der Waals surface area contributed by atoms with Gasteiger partial charge in [-0.1, -0.05) is 24.3 Å². The van der Waals surface area contributed by atoms with Crippen molar-refractivity contribution in [3.63, 3.8) is 0 Å². The second-order valence-corrected chi connectivity index (χ2v) is 9.44. The minimum atomic E-state index is -4.36. The number of halogens is 4. The number of hydrogen-bond acceptors (Lipinski definition) is 5. The highest BCUT2D eigenvalue weighted by molar-refractivity contribution is 5.75. The maximum atomic E-state index is 13.5. The molecule has 5 rings (SSSR count). The second-order valence-electron chi connectivity index (χ2n) is 9.44. The summed E-state index contributed by atoms with van der Waals surface area (Å²) in [5, 5.41) is 0. The number of nitrogens with zero attached hydrogens (tertiary/aromatic N) is 5. The van der Waals surface area contributed by atoms with Crippen LogP contribution in [0, 0.1) is 5.82 Å². The van der Waals surface area contributed by atoms with Crippen LogP contribution in [0.1, 0.15) is 30.0 Å². The molecule has 190 valence electrons. The minimum Gasteiger partial charge on any atom is -0.353 e. The molecule has 2 fully saturated rings. The van der Waals surface area contributed by atoms with Crippen LogP contribution in [-0.4, -0.2) is 65.6 Å². The third-order valence-electron chi connectivity index (χ3n) is 7.13. The molecule has 0 bridgehead atoms. The molecule has 36 heavy (non-hydrogen) atoms. The van der Waals surface area contributed by atoms with Gasteiger partial charge in [0.25, 0.3) is 0 Å². The van der Waals surface area contributed by atoms with E-state index in [0.29, 0.717) is 31.7 Å². The first kappa shape index (κ1) is 24.6. The number of aromatic nitrogens is 2. The van der Waals surface area contributed by atoms with E-state index in [4.69, 9.17) is 0 Å². The summed E-state index contributed by atoms with van der Waals surface area (Å²) in [5.74, 6) is 0.482. The molecule has 0 saturated carbocycles. The number of piperazine rings is 1. The minimum absolute atomic E-state index is 0.116. The van der Waals surface area contributed by atoms with Crippen molar-refractivity contribution in [2.24, 2.45) is 0 Å². The third-order valence-corrected chi connectivity index (χ3v) is 7.13. The third kappa shape index (κ3) is 5.52. The fraction of sp³-hybridized carbons (Fsp3) is 0.407. The fourth-order valence-electron chi connectivity index (χ4n) is 5.22. The molecular formula is C27H29F4N5. The van der Waals surface area contributed by atoms with Gasteiger partial charge < -0.3 is 9.80 Å². The molecule has 2 aromatic carbocycles. The average Bonchev–Trinajstić information content (AvgIpc) is 3.41. The molecule has 0 N–H and O–H groups in total. The molecule has 0 aliphatic carbocycles. The molecule has 3 aromatic rings. The Bertz CT molecular complexity index is 1150. The summed E-state index contributed by atoms with van der Waals surface area (Å²) in [6, 6.07) is 11.9. The lowest BCUT2D eigenvalue weighted by atomic mass is 10.0. The molecule has 5 nitrogen and oxygen atoms in total. The Balaban J connectivity index is 1.36. The largest absolute Gasteiger partial charge is 0.416 e. The Morgan fingerprint density at radius 3 is 2.31 bits per heavy atom. The van der Waals surface area contributed by atoms with Crippen LogP contribution in [-0.2, 0) is 6.18 Å². The number of rotatable bonds is 6. The van der Waals surface area contributed by atoms with E-state index >= 15 is 0 Å². The van der Waals surface area contributed by atoms with E-state index in [9.17, 15) is 17.6 Å². The van der Waals surface area contributed by atoms with Gasteiger partial charge in [-0.05, 0) is 61.3 Å². The zero-order valence-electron chi connectivity index (χ0n) is 20.0. The van der Waals surface area contributed by atoms with Gasteiger partial charge in [-0.2, -0.15) is 13.2 Å². The van der Waals surface area contributed by atoms with Crippen molar-refractivity contribution >= 4 is 5.82 Å². The molecule has 2 saturated heterocycles. The van der Waals surface area contributed by atoms with Crippen LogP contribution >= 0.6 is 0 Å². The van der Waals surface area contributed by atoms with E-state index in [1.807, 2.05) is 6.07 Å². The van der Waals surface area contributed by atoms with Crippen molar-refractivity contribution in [1.82, 2.24) is 19.8 Å². The maximum absolute atomic E-state index is 13.5. The van der Waals surface area contributed by atoms with Crippen molar-refractivity contribution in [2.75, 3.05) is 50.7 Å². The van der Waals surface area contributed by atoms with E-state index in [1.54, 1.807) is 18.3 Å². The van der Waals surface area contributed by atoms with E-state index in [0.717, 1.165) is 55.5 Å². The van der Waals surface area contributed by atoms with Gasteiger partial charge in [-0.25, -0.2) is 14.4 Å². The zero-order valence-corrected chi connectivity index (χ0v) is 20.0. The Hall–Kier alpha value is -3.04. The van der Waals surface area contributed by atoms with Crippen LogP contribution in [0.3, 0.4) is 0 Å². The van der Waals surface area contributed by atoms with E-state index in [-0.39, 0.29) is 11.9 Å². The Morgan fingerprint density at radius 2 is 1.61 bits per heavy atom. The van der Waals surface area contributed by atoms with Gasteiger partial charge in [-0.3, -0.25) is 4.90 Å². The summed E-state index contributed by atoms with van der Waals surface area (Å²) < 4.78 is 53.8. The predicted octanol–water partition coefficient (Wildman–Crippen LogP) is 5.26. The molecule has 2 aliphatic rings. The van der Waals surface area contributed by atoms with E-state index in [1.165, 1.54) is 30.6 Å². The summed E-state index contributed by atoms with van der Waals surface area (Å²) in [7, 11) is 0. The summed E-state index contributed by atoms with van der Waals surface area (Å²) in [4.78, 5) is 15.5. The molecule has 0 radical (unpaired) electrons. The Morgan fingerprint density at radius 1 is 0.889 bits per heavy atom. The number of likely N-dealkylation sites (tertiary alicyclic amines) is 1. The average molecular weight is 500 g/mol. The monoisotopic (exact) mass is 499 g/mol. The first-order valence-corrected chi connectivity index (χ1v) is 12.3. The lowest BCUT2D eigenvalue weighted by molar-refractivity contribution is -0.137. The van der Waals surface area contributed by atoms with Crippen LogP contribution in [0.15, 0.2) is 61.1 Å². The van der Waals surface area contributed by atoms with Crippen molar-refractivity contribution in [3.05, 3.63) is 78.0 Å². The van der Waals surface area contributed by atoms with Gasteiger partial charge in [0.1, 0.15) is 18.0 Å². The van der Waals surface area contributed by atoms with Crippen molar-refractivity contribution < 1.29 is 17.6 Å². The summed E-state index contributed by atoms with van der Waals surface area (Å²) >= 11 is 0. The van der Waals surface area contributed by atoms with Gasteiger partial charge in [-0.15, -0.1) is 0 Å². The number of alkyl halides is 3. The van der Waals surface area contributed by atoms with E-state index in [2.05, 4.69) is 24.7 Å². The SMILES string of the molecule is Fc1ccc(-c2cncnc2N2CCN(C(CN3CCCC3)c3cccc(C(F)(F)F)c3)CC2)cc1. The Kier molecular flexibility index (Phi) is 7.20. The first-order valence-electron chi connectivity index (χ1n) is 12.3. The molecule has 0 spiro atoms. The summed E-state index contributed by atoms with van der Waals surface area (Å²) in [5.41, 5.74) is 1.77. The number of anilines is 1. The predicted molar refractivity (Wildman–Crippen MR) is 131 cm³/mol. The smallest absolute Gasteiger partial charge is 0.353 e. The van der Waals surface area contributed by atoms with Crippen LogP contribution in [0.25, 0.3) is 11.1 Å². The highest BCUT2D eigenvalue weighted by Crippen LogP contribution is 2.34. The highest BCUT2D eigenvalue weighted by Gasteiger charge is 2.33.